The summed E-state index contributed by atoms with van der Waals surface area (Å²) >= 11 is 0. The number of hydrogen-bond donors (Lipinski definition) is 0. The summed E-state index contributed by atoms with van der Waals surface area (Å²) in [4.78, 5) is 11.6. The van der Waals surface area contributed by atoms with Crippen LogP contribution in [0.3, 0.4) is 0 Å². The summed E-state index contributed by atoms with van der Waals surface area (Å²) in [6, 6.07) is 38.5. The summed E-state index contributed by atoms with van der Waals surface area (Å²) < 4.78 is 8.73. The Labute approximate surface area is 320 Å². The van der Waals surface area contributed by atoms with Gasteiger partial charge < -0.3 is 23.9 Å². The van der Waals surface area contributed by atoms with Gasteiger partial charge in [0.25, 0.3) is 0 Å². The van der Waals surface area contributed by atoms with Gasteiger partial charge in [-0.1, -0.05) is 74.1 Å². The van der Waals surface area contributed by atoms with Gasteiger partial charge in [0.05, 0.1) is 0 Å². The molecule has 0 radical (unpaired) electrons. The first-order chi connectivity index (χ1) is 24.7. The molecule has 260 valence electrons. The molecule has 0 aliphatic carbocycles. The van der Waals surface area contributed by atoms with E-state index < -0.39 is 0 Å². The van der Waals surface area contributed by atoms with Crippen LogP contribution in [0.4, 0.5) is 17.1 Å². The third kappa shape index (κ3) is 5.68. The zero-order valence-corrected chi connectivity index (χ0v) is 32.0. The van der Waals surface area contributed by atoms with Crippen molar-refractivity contribution >= 4 is 45.7 Å². The van der Waals surface area contributed by atoms with E-state index in [-0.39, 0.29) is 33.3 Å². The molecule has 4 aromatic carbocycles. The van der Waals surface area contributed by atoms with Crippen LogP contribution in [0.15, 0.2) is 144 Å². The standard InChI is InChI=1S/C44H37BN5O.Pt/c1-30-28-47-24-11-10-22-45(47)31(2)43(30)49-29-48(39-17-8-9-18-40(39)49)33-13-12-14-34(26-33)51-35-19-20-37-36-15-6-7-16-38(36)50(41(37)27-35)42-25-32(21-23-46-42)44(3,4)5;/h6-25,28-29H,1-5H3;/q-3;. The third-order valence-electron chi connectivity index (χ3n) is 10.0. The van der Waals surface area contributed by atoms with Crippen LogP contribution in [0.5, 0.6) is 11.5 Å². The molecule has 3 aliphatic rings. The molecule has 0 unspecified atom stereocenters. The van der Waals surface area contributed by atoms with Crippen molar-refractivity contribution in [2.45, 2.75) is 40.0 Å². The average Bonchev–Trinajstić information content (AvgIpc) is 3.67. The summed E-state index contributed by atoms with van der Waals surface area (Å²) in [7, 11) is 0. The first-order valence-corrected chi connectivity index (χ1v) is 17.4. The van der Waals surface area contributed by atoms with Crippen LogP contribution in [0.2, 0.25) is 0 Å². The fraction of sp³-hybridized carbons (Fsp3) is 0.136. The monoisotopic (exact) mass is 857 g/mol. The second-order valence-corrected chi connectivity index (χ2v) is 14.4. The molecule has 52 heavy (non-hydrogen) atoms. The molecule has 0 atom stereocenters. The molecule has 0 spiro atoms. The molecule has 3 aliphatic heterocycles. The molecule has 0 bridgehead atoms. The Balaban J connectivity index is 0.00000387. The van der Waals surface area contributed by atoms with Gasteiger partial charge in [0.2, 0.25) is 0 Å². The molecule has 8 heteroatoms. The van der Waals surface area contributed by atoms with Crippen molar-refractivity contribution < 1.29 is 25.8 Å². The Morgan fingerprint density at radius 1 is 0.788 bits per heavy atom. The number of fused-ring (bicyclic) bond motifs is 5. The predicted molar refractivity (Wildman–Crippen MR) is 209 cm³/mol. The Kier molecular flexibility index (Phi) is 8.50. The minimum atomic E-state index is -0.00710. The van der Waals surface area contributed by atoms with E-state index in [9.17, 15) is 0 Å². The van der Waals surface area contributed by atoms with Crippen LogP contribution in [0.1, 0.15) is 40.2 Å². The number of para-hydroxylation sites is 3. The quantitative estimate of drug-likeness (QED) is 0.128. The third-order valence-corrected chi connectivity index (χ3v) is 10.0. The van der Waals surface area contributed by atoms with E-state index in [4.69, 9.17) is 9.72 Å². The first kappa shape index (κ1) is 33.9. The second-order valence-electron chi connectivity index (χ2n) is 14.4. The van der Waals surface area contributed by atoms with Crippen molar-refractivity contribution in [3.63, 3.8) is 0 Å². The first-order valence-electron chi connectivity index (χ1n) is 17.4. The number of pyridine rings is 1. The molecule has 9 rings (SSSR count). The summed E-state index contributed by atoms with van der Waals surface area (Å²) in [6.07, 6.45) is 10.5. The topological polar surface area (TPSA) is 36.8 Å². The van der Waals surface area contributed by atoms with E-state index in [1.807, 2.05) is 24.4 Å². The van der Waals surface area contributed by atoms with Gasteiger partial charge in [-0.3, -0.25) is 0 Å². The Hall–Kier alpha value is -5.26. The van der Waals surface area contributed by atoms with E-state index >= 15 is 0 Å². The van der Waals surface area contributed by atoms with Crippen LogP contribution in [0.25, 0.3) is 27.6 Å². The van der Waals surface area contributed by atoms with Crippen molar-refractivity contribution in [3.8, 4) is 17.3 Å². The number of ether oxygens (including phenoxy) is 1. The molecule has 2 aromatic heterocycles. The molecule has 0 N–H and O–H groups in total. The van der Waals surface area contributed by atoms with Crippen LogP contribution in [-0.2, 0) is 26.5 Å². The fourth-order valence-electron chi connectivity index (χ4n) is 7.53. The second kappa shape index (κ2) is 13.1. The van der Waals surface area contributed by atoms with Gasteiger partial charge in [-0.2, -0.15) is 12.1 Å². The minimum Gasteiger partial charge on any atom is -0.509 e. The van der Waals surface area contributed by atoms with Gasteiger partial charge in [-0.25, -0.2) is 4.98 Å². The smallest absolute Gasteiger partial charge is 0.317 e. The van der Waals surface area contributed by atoms with Crippen molar-refractivity contribution in [2.24, 2.45) is 0 Å². The van der Waals surface area contributed by atoms with E-state index in [2.05, 4.69) is 176 Å². The Morgan fingerprint density at radius 2 is 1.56 bits per heavy atom. The summed E-state index contributed by atoms with van der Waals surface area (Å²) in [6.45, 7) is 13.5. The van der Waals surface area contributed by atoms with Gasteiger partial charge >= 0.3 is 6.85 Å². The number of nitrogens with zero attached hydrogens (tertiary/aromatic N) is 5. The maximum Gasteiger partial charge on any atom is 0.317 e. The average molecular weight is 858 g/mol. The number of aromatic nitrogens is 2. The van der Waals surface area contributed by atoms with E-state index in [0.29, 0.717) is 11.5 Å². The summed E-state index contributed by atoms with van der Waals surface area (Å²) in [5.74, 6) is 4.34. The zero-order chi connectivity index (χ0) is 34.9. The van der Waals surface area contributed by atoms with Gasteiger partial charge in [-0.15, -0.1) is 48.1 Å². The number of anilines is 3. The molecular weight excluding hydrogens is 820 g/mol. The maximum atomic E-state index is 6.54. The van der Waals surface area contributed by atoms with Crippen molar-refractivity contribution in [2.75, 3.05) is 9.80 Å². The number of allylic oxidation sites excluding steroid dienone is 4. The molecular formula is C44H37BN5OPt-3. The molecule has 5 heterocycles. The summed E-state index contributed by atoms with van der Waals surface area (Å²) in [5, 5.41) is 2.25. The maximum absolute atomic E-state index is 6.54. The van der Waals surface area contributed by atoms with Crippen LogP contribution >= 0.6 is 0 Å². The normalized spacial score (nSPS) is 15.3. The molecule has 0 fully saturated rings. The van der Waals surface area contributed by atoms with Crippen LogP contribution < -0.4 is 14.5 Å². The number of benzene rings is 4. The minimum absolute atomic E-state index is 0. The Bertz CT molecular complexity index is 2490. The van der Waals surface area contributed by atoms with Crippen LogP contribution in [0, 0.1) is 18.8 Å². The molecule has 0 amide bonds. The molecule has 0 saturated carbocycles. The predicted octanol–water partition coefficient (Wildman–Crippen LogP) is 10.6. The van der Waals surface area contributed by atoms with Gasteiger partial charge in [0, 0.05) is 61.3 Å². The largest absolute Gasteiger partial charge is 0.509 e. The van der Waals surface area contributed by atoms with E-state index in [1.165, 1.54) is 22.3 Å². The van der Waals surface area contributed by atoms with E-state index in [0.717, 1.165) is 44.7 Å². The van der Waals surface area contributed by atoms with Gasteiger partial charge in [0.1, 0.15) is 5.82 Å². The molecule has 0 saturated heterocycles. The van der Waals surface area contributed by atoms with Crippen LogP contribution in [-0.4, -0.2) is 21.2 Å². The Morgan fingerprint density at radius 3 is 2.38 bits per heavy atom. The van der Waals surface area contributed by atoms with Crippen molar-refractivity contribution in [1.82, 2.24) is 14.4 Å². The van der Waals surface area contributed by atoms with Gasteiger partial charge in [0.15, 0.2) is 0 Å². The SMILES string of the molecule is CC1=CN2C=CC=CB2C(C)=C1N1[CH-]N(c2[c-]c(Oc3[c-]c4c(cc3)c3ccccc3n4-c3cc(C(C)(C)C)ccn3)ccc2)c2ccccc21.[Pt]. The fourth-order valence-corrected chi connectivity index (χ4v) is 7.53. The van der Waals surface area contributed by atoms with Crippen molar-refractivity contribution in [3.05, 3.63) is 169 Å². The molecule has 6 aromatic rings. The number of rotatable bonds is 5. The summed E-state index contributed by atoms with van der Waals surface area (Å²) in [5.41, 5.74) is 10.0. The van der Waals surface area contributed by atoms with E-state index in [1.54, 1.807) is 0 Å². The van der Waals surface area contributed by atoms with Gasteiger partial charge in [-0.05, 0) is 84.6 Å². The zero-order valence-electron chi connectivity index (χ0n) is 29.7. The van der Waals surface area contributed by atoms with Crippen molar-refractivity contribution in [1.29, 1.82) is 0 Å². The molecule has 6 nitrogen and oxygen atoms in total. The number of hydrogen-bond acceptors (Lipinski definition) is 5.